The Balaban J connectivity index is 1.71. The fourth-order valence-corrected chi connectivity index (χ4v) is 3.03. The molecule has 0 radical (unpaired) electrons. The summed E-state index contributed by atoms with van der Waals surface area (Å²) in [6.45, 7) is 2.13. The van der Waals surface area contributed by atoms with Crippen LogP contribution < -0.4 is 0 Å². The van der Waals surface area contributed by atoms with E-state index in [4.69, 9.17) is 0 Å². The average molecular weight is 285 g/mol. The highest BCUT2D eigenvalue weighted by atomic mass is 16.3. The van der Waals surface area contributed by atoms with Gasteiger partial charge < -0.3 is 5.11 Å². The van der Waals surface area contributed by atoms with Gasteiger partial charge in [0.05, 0.1) is 18.0 Å². The number of rotatable bonds is 4. The number of aromatic nitrogens is 2. The van der Waals surface area contributed by atoms with Crippen LogP contribution >= 0.6 is 0 Å². The zero-order chi connectivity index (χ0) is 14.5. The fourth-order valence-electron chi connectivity index (χ4n) is 3.03. The van der Waals surface area contributed by atoms with Gasteiger partial charge in [-0.2, -0.15) is 5.10 Å². The Morgan fingerprint density at radius 3 is 2.76 bits per heavy atom. The summed E-state index contributed by atoms with van der Waals surface area (Å²) in [4.78, 5) is 2.38. The second-order valence-corrected chi connectivity index (χ2v) is 5.74. The number of hydrogen-bond acceptors (Lipinski definition) is 3. The van der Waals surface area contributed by atoms with Gasteiger partial charge in [-0.1, -0.05) is 31.0 Å². The van der Waals surface area contributed by atoms with E-state index in [1.807, 2.05) is 29.1 Å². The van der Waals surface area contributed by atoms with Gasteiger partial charge >= 0.3 is 0 Å². The molecule has 4 heteroatoms. The molecule has 0 aliphatic carbocycles. The molecule has 1 aliphatic rings. The topological polar surface area (TPSA) is 41.3 Å². The molecule has 112 valence electrons. The van der Waals surface area contributed by atoms with Gasteiger partial charge in [0, 0.05) is 18.8 Å². The maximum atomic E-state index is 9.58. The first kappa shape index (κ1) is 14.3. The standard InChI is InChI=1S/C17H23N3O/c21-14-17-9-5-2-6-11-19(17)13-15-10-12-20(18-15)16-7-3-1-4-8-16/h1,3-4,7-8,10,12,17,21H,2,5-6,9,11,13-14H2. The molecule has 0 amide bonds. The molecule has 2 heterocycles. The molecule has 21 heavy (non-hydrogen) atoms. The average Bonchev–Trinajstić information content (AvgIpc) is 2.88. The Morgan fingerprint density at radius 1 is 1.10 bits per heavy atom. The van der Waals surface area contributed by atoms with Crippen molar-refractivity contribution in [1.82, 2.24) is 14.7 Å². The quantitative estimate of drug-likeness (QED) is 0.939. The van der Waals surface area contributed by atoms with Gasteiger partial charge in [0.2, 0.25) is 0 Å². The Morgan fingerprint density at radius 2 is 1.95 bits per heavy atom. The van der Waals surface area contributed by atoms with E-state index in [1.54, 1.807) is 0 Å². The van der Waals surface area contributed by atoms with E-state index < -0.39 is 0 Å². The zero-order valence-corrected chi connectivity index (χ0v) is 12.4. The van der Waals surface area contributed by atoms with Crippen molar-refractivity contribution >= 4 is 0 Å². The van der Waals surface area contributed by atoms with E-state index >= 15 is 0 Å². The van der Waals surface area contributed by atoms with Crippen LogP contribution in [0.1, 0.15) is 31.4 Å². The van der Waals surface area contributed by atoms with Crippen molar-refractivity contribution in [2.45, 2.75) is 38.3 Å². The SMILES string of the molecule is OCC1CCCCCN1Cc1ccn(-c2ccccc2)n1. The van der Waals surface area contributed by atoms with Crippen molar-refractivity contribution in [3.8, 4) is 5.69 Å². The molecule has 0 bridgehead atoms. The molecule has 1 fully saturated rings. The lowest BCUT2D eigenvalue weighted by molar-refractivity contribution is 0.117. The predicted octanol–water partition coefficient (Wildman–Crippen LogP) is 2.61. The molecule has 1 aromatic heterocycles. The largest absolute Gasteiger partial charge is 0.395 e. The maximum absolute atomic E-state index is 9.58. The Kier molecular flexibility index (Phi) is 4.68. The predicted molar refractivity (Wildman–Crippen MR) is 83.3 cm³/mol. The zero-order valence-electron chi connectivity index (χ0n) is 12.4. The van der Waals surface area contributed by atoms with Gasteiger partial charge in [-0.25, -0.2) is 4.68 Å². The molecular formula is C17H23N3O. The summed E-state index contributed by atoms with van der Waals surface area (Å²) in [5.74, 6) is 0. The highest BCUT2D eigenvalue weighted by Crippen LogP contribution is 2.19. The fraction of sp³-hybridized carbons (Fsp3) is 0.471. The number of nitrogens with zero attached hydrogens (tertiary/aromatic N) is 3. The second-order valence-electron chi connectivity index (χ2n) is 5.74. The summed E-state index contributed by atoms with van der Waals surface area (Å²) in [6.07, 6.45) is 6.81. The van der Waals surface area contributed by atoms with Crippen LogP contribution in [-0.4, -0.2) is 39.0 Å². The summed E-state index contributed by atoms with van der Waals surface area (Å²) < 4.78 is 1.92. The van der Waals surface area contributed by atoms with Crippen LogP contribution in [0.25, 0.3) is 5.69 Å². The minimum atomic E-state index is 0.249. The first-order valence-corrected chi connectivity index (χ1v) is 7.82. The van der Waals surface area contributed by atoms with E-state index in [2.05, 4.69) is 28.2 Å². The number of para-hydroxylation sites is 1. The van der Waals surface area contributed by atoms with Crippen LogP contribution in [0.2, 0.25) is 0 Å². The maximum Gasteiger partial charge on any atom is 0.0769 e. The number of hydrogen-bond donors (Lipinski definition) is 1. The number of benzene rings is 1. The molecule has 4 nitrogen and oxygen atoms in total. The Bertz CT molecular complexity index is 552. The number of aliphatic hydroxyl groups is 1. The molecule has 1 aliphatic heterocycles. The highest BCUT2D eigenvalue weighted by molar-refractivity contribution is 5.30. The van der Waals surface area contributed by atoms with Crippen LogP contribution in [-0.2, 0) is 6.54 Å². The van der Waals surface area contributed by atoms with Crippen LogP contribution in [0, 0.1) is 0 Å². The Hall–Kier alpha value is -1.65. The van der Waals surface area contributed by atoms with Gasteiger partial charge in [0.15, 0.2) is 0 Å². The molecule has 1 aromatic carbocycles. The molecule has 2 aromatic rings. The van der Waals surface area contributed by atoms with Crippen molar-refractivity contribution in [3.05, 3.63) is 48.3 Å². The molecule has 1 atom stereocenters. The minimum absolute atomic E-state index is 0.249. The summed E-state index contributed by atoms with van der Waals surface area (Å²) >= 11 is 0. The minimum Gasteiger partial charge on any atom is -0.395 e. The highest BCUT2D eigenvalue weighted by Gasteiger charge is 2.21. The van der Waals surface area contributed by atoms with Crippen molar-refractivity contribution in [3.63, 3.8) is 0 Å². The normalized spacial score (nSPS) is 20.3. The lowest BCUT2D eigenvalue weighted by Gasteiger charge is -2.27. The summed E-state index contributed by atoms with van der Waals surface area (Å²) in [5, 5.41) is 14.2. The van der Waals surface area contributed by atoms with E-state index in [-0.39, 0.29) is 12.6 Å². The summed E-state index contributed by atoms with van der Waals surface area (Å²) in [6, 6.07) is 12.5. The first-order valence-electron chi connectivity index (χ1n) is 7.82. The first-order chi connectivity index (χ1) is 10.4. The van der Waals surface area contributed by atoms with E-state index in [0.29, 0.717) is 0 Å². The molecule has 1 unspecified atom stereocenters. The van der Waals surface area contributed by atoms with Crippen molar-refractivity contribution in [2.24, 2.45) is 0 Å². The van der Waals surface area contributed by atoms with Crippen molar-refractivity contribution in [1.29, 1.82) is 0 Å². The third kappa shape index (κ3) is 3.52. The van der Waals surface area contributed by atoms with Crippen LogP contribution in [0.5, 0.6) is 0 Å². The molecule has 3 rings (SSSR count). The molecular weight excluding hydrogens is 262 g/mol. The third-order valence-electron chi connectivity index (χ3n) is 4.24. The third-order valence-corrected chi connectivity index (χ3v) is 4.24. The molecule has 1 N–H and O–H groups in total. The van der Waals surface area contributed by atoms with Crippen molar-refractivity contribution in [2.75, 3.05) is 13.2 Å². The second kappa shape index (κ2) is 6.87. The summed E-state index contributed by atoms with van der Waals surface area (Å²) in [7, 11) is 0. The molecule has 0 spiro atoms. The summed E-state index contributed by atoms with van der Waals surface area (Å²) in [5.41, 5.74) is 2.15. The van der Waals surface area contributed by atoms with Crippen LogP contribution in [0.3, 0.4) is 0 Å². The van der Waals surface area contributed by atoms with Gasteiger partial charge in [0.25, 0.3) is 0 Å². The lowest BCUT2D eigenvalue weighted by atomic mass is 10.1. The molecule has 0 saturated carbocycles. The van der Waals surface area contributed by atoms with Gasteiger partial charge in [-0.15, -0.1) is 0 Å². The Labute approximate surface area is 126 Å². The van der Waals surface area contributed by atoms with Gasteiger partial charge in [-0.05, 0) is 37.6 Å². The van der Waals surface area contributed by atoms with Crippen LogP contribution in [0.15, 0.2) is 42.6 Å². The number of likely N-dealkylation sites (tertiary alicyclic amines) is 1. The lowest BCUT2D eigenvalue weighted by Crippen LogP contribution is -2.37. The molecule has 1 saturated heterocycles. The van der Waals surface area contributed by atoms with E-state index in [1.165, 1.54) is 19.3 Å². The van der Waals surface area contributed by atoms with E-state index in [9.17, 15) is 5.11 Å². The van der Waals surface area contributed by atoms with Crippen molar-refractivity contribution < 1.29 is 5.11 Å². The van der Waals surface area contributed by atoms with Crippen LogP contribution in [0.4, 0.5) is 0 Å². The van der Waals surface area contributed by atoms with Gasteiger partial charge in [-0.3, -0.25) is 4.90 Å². The van der Waals surface area contributed by atoms with Gasteiger partial charge in [0.1, 0.15) is 0 Å². The monoisotopic (exact) mass is 285 g/mol. The number of aliphatic hydroxyl groups excluding tert-OH is 1. The smallest absolute Gasteiger partial charge is 0.0769 e. The van der Waals surface area contributed by atoms with E-state index in [0.717, 1.165) is 30.9 Å².